The van der Waals surface area contributed by atoms with Gasteiger partial charge in [-0.1, -0.05) is 12.1 Å². The number of carbonyl (C=O) groups excluding carboxylic acids is 3. The van der Waals surface area contributed by atoms with E-state index in [1.54, 1.807) is 6.07 Å². The number of hydrogen-bond donors (Lipinski definition) is 2. The Bertz CT molecular complexity index is 1140. The molecule has 2 aliphatic heterocycles. The number of anilines is 2. The Hall–Kier alpha value is -3.68. The Morgan fingerprint density at radius 3 is 2.71 bits per heavy atom. The second-order valence-corrected chi connectivity index (χ2v) is 7.72. The highest BCUT2D eigenvalue weighted by molar-refractivity contribution is 6.35. The zero-order chi connectivity index (χ0) is 22.3. The number of nitrogens with one attached hydrogen (secondary N) is 2. The third kappa shape index (κ3) is 3.88. The van der Waals surface area contributed by atoms with Crippen molar-refractivity contribution in [1.82, 2.24) is 5.32 Å². The van der Waals surface area contributed by atoms with E-state index in [0.717, 1.165) is 22.4 Å². The van der Waals surface area contributed by atoms with E-state index >= 15 is 0 Å². The molecule has 1 fully saturated rings. The van der Waals surface area contributed by atoms with Crippen molar-refractivity contribution in [3.63, 3.8) is 0 Å². The fourth-order valence-electron chi connectivity index (χ4n) is 3.80. The van der Waals surface area contributed by atoms with Crippen LogP contribution in [0.25, 0.3) is 11.6 Å². The molecule has 0 radical (unpaired) electrons. The first-order valence-corrected chi connectivity index (χ1v) is 9.90. The van der Waals surface area contributed by atoms with Gasteiger partial charge in [-0.2, -0.15) is 0 Å². The highest BCUT2D eigenvalue weighted by atomic mass is 19.1. The molecular formula is C23H22FN3O4. The molecule has 0 bridgehead atoms. The Morgan fingerprint density at radius 1 is 1.26 bits per heavy atom. The van der Waals surface area contributed by atoms with E-state index in [4.69, 9.17) is 4.74 Å². The minimum atomic E-state index is -0.601. The number of halogens is 1. The molecule has 1 saturated heterocycles. The lowest BCUT2D eigenvalue weighted by atomic mass is 9.97. The summed E-state index contributed by atoms with van der Waals surface area (Å²) in [6.45, 7) is 5.58. The average molecular weight is 423 g/mol. The maximum absolute atomic E-state index is 14.9. The monoisotopic (exact) mass is 423 g/mol. The number of hydrogen-bond acceptors (Lipinski definition) is 4. The molecular weight excluding hydrogens is 401 g/mol. The molecule has 0 aliphatic carbocycles. The van der Waals surface area contributed by atoms with Crippen LogP contribution in [-0.2, 0) is 14.3 Å². The molecule has 1 atom stereocenters. The number of amides is 3. The van der Waals surface area contributed by atoms with Crippen LogP contribution >= 0.6 is 0 Å². The lowest BCUT2D eigenvalue weighted by Crippen LogP contribution is -2.33. The number of aryl methyl sites for hydroxylation is 2. The summed E-state index contributed by atoms with van der Waals surface area (Å²) < 4.78 is 20.1. The van der Waals surface area contributed by atoms with Gasteiger partial charge in [-0.05, 0) is 49.2 Å². The highest BCUT2D eigenvalue weighted by Crippen LogP contribution is 2.38. The van der Waals surface area contributed by atoms with Crippen molar-refractivity contribution in [2.24, 2.45) is 0 Å². The third-order valence-electron chi connectivity index (χ3n) is 5.42. The summed E-state index contributed by atoms with van der Waals surface area (Å²) in [7, 11) is 0. The zero-order valence-electron chi connectivity index (χ0n) is 17.4. The van der Waals surface area contributed by atoms with Gasteiger partial charge in [0.15, 0.2) is 0 Å². The molecule has 0 spiro atoms. The van der Waals surface area contributed by atoms with Crippen LogP contribution < -0.4 is 15.5 Å². The van der Waals surface area contributed by atoms with Crippen molar-refractivity contribution in [3.05, 3.63) is 58.4 Å². The molecule has 3 amide bonds. The molecule has 7 nitrogen and oxygen atoms in total. The first-order valence-electron chi connectivity index (χ1n) is 9.90. The number of benzene rings is 2. The highest BCUT2D eigenvalue weighted by Gasteiger charge is 2.33. The second-order valence-electron chi connectivity index (χ2n) is 7.72. The summed E-state index contributed by atoms with van der Waals surface area (Å²) in [5.74, 6) is -1.06. The van der Waals surface area contributed by atoms with Gasteiger partial charge in [0.1, 0.15) is 11.9 Å². The lowest BCUT2D eigenvalue weighted by Gasteiger charge is -2.14. The number of cyclic esters (lactones) is 1. The number of nitrogens with zero attached hydrogens (tertiary/aromatic N) is 1. The Kier molecular flexibility index (Phi) is 5.22. The van der Waals surface area contributed by atoms with Crippen LogP contribution in [0, 0.1) is 19.7 Å². The lowest BCUT2D eigenvalue weighted by molar-refractivity contribution is -0.119. The van der Waals surface area contributed by atoms with Gasteiger partial charge in [-0.15, -0.1) is 0 Å². The minimum Gasteiger partial charge on any atom is -0.442 e. The summed E-state index contributed by atoms with van der Waals surface area (Å²) in [6, 6.07) is 8.24. The predicted molar refractivity (Wildman–Crippen MR) is 115 cm³/mol. The van der Waals surface area contributed by atoms with E-state index in [0.29, 0.717) is 11.3 Å². The molecule has 0 unspecified atom stereocenters. The fraction of sp³-hybridized carbons (Fsp3) is 0.261. The van der Waals surface area contributed by atoms with Crippen molar-refractivity contribution in [3.8, 4) is 0 Å². The van der Waals surface area contributed by atoms with Gasteiger partial charge >= 0.3 is 6.09 Å². The van der Waals surface area contributed by atoms with Crippen LogP contribution in [0.5, 0.6) is 0 Å². The van der Waals surface area contributed by atoms with E-state index in [1.165, 1.54) is 30.0 Å². The molecule has 2 aromatic carbocycles. The quantitative estimate of drug-likeness (QED) is 0.738. The van der Waals surface area contributed by atoms with E-state index in [1.807, 2.05) is 26.0 Å². The van der Waals surface area contributed by atoms with E-state index in [9.17, 15) is 18.8 Å². The van der Waals surface area contributed by atoms with Gasteiger partial charge in [0.05, 0.1) is 24.5 Å². The fourth-order valence-corrected chi connectivity index (χ4v) is 3.80. The minimum absolute atomic E-state index is 0.192. The molecule has 8 heteroatoms. The Labute approximate surface area is 178 Å². The summed E-state index contributed by atoms with van der Waals surface area (Å²) in [5, 5.41) is 5.45. The molecule has 2 heterocycles. The second kappa shape index (κ2) is 7.86. The van der Waals surface area contributed by atoms with Crippen molar-refractivity contribution in [2.75, 3.05) is 23.3 Å². The number of ether oxygens (including phenoxy) is 1. The summed E-state index contributed by atoms with van der Waals surface area (Å²) >= 11 is 0. The van der Waals surface area contributed by atoms with Gasteiger partial charge in [-0.25, -0.2) is 9.18 Å². The van der Waals surface area contributed by atoms with Crippen LogP contribution in [0.1, 0.15) is 29.2 Å². The van der Waals surface area contributed by atoms with Crippen molar-refractivity contribution >= 4 is 40.9 Å². The summed E-state index contributed by atoms with van der Waals surface area (Å²) in [5.41, 5.74) is 4.37. The molecule has 2 aliphatic rings. The third-order valence-corrected chi connectivity index (χ3v) is 5.42. The van der Waals surface area contributed by atoms with Gasteiger partial charge in [-0.3, -0.25) is 14.5 Å². The zero-order valence-corrected chi connectivity index (χ0v) is 17.4. The number of carbonyl (C=O) groups is 3. The molecule has 4 rings (SSSR count). The van der Waals surface area contributed by atoms with Crippen LogP contribution in [0.15, 0.2) is 30.3 Å². The van der Waals surface area contributed by atoms with Gasteiger partial charge in [0, 0.05) is 23.6 Å². The van der Waals surface area contributed by atoms with Crippen LogP contribution in [0.2, 0.25) is 0 Å². The molecule has 0 aromatic heterocycles. The van der Waals surface area contributed by atoms with Gasteiger partial charge in [0.25, 0.3) is 5.91 Å². The summed E-state index contributed by atoms with van der Waals surface area (Å²) in [4.78, 5) is 37.0. The molecule has 160 valence electrons. The topological polar surface area (TPSA) is 87.7 Å². The first kappa shape index (κ1) is 20.6. The standard InChI is InChI=1S/C23H22FN3O4/c1-12-4-5-13(2)21-20(12)18(22(29)26-21)8-15-6-7-16(9-19(15)24)27-11-17(31-23(27)30)10-25-14(3)28/h4-9,17H,10-11H2,1-3H3,(H,25,28)(H,26,29)/b18-8-/t17-/m0/s1. The van der Waals surface area contributed by atoms with E-state index in [2.05, 4.69) is 10.6 Å². The maximum atomic E-state index is 14.9. The van der Waals surface area contributed by atoms with Crippen LogP contribution in [-0.4, -0.2) is 37.1 Å². The van der Waals surface area contributed by atoms with Crippen LogP contribution in [0.3, 0.4) is 0 Å². The van der Waals surface area contributed by atoms with Gasteiger partial charge in [0.2, 0.25) is 5.91 Å². The van der Waals surface area contributed by atoms with E-state index < -0.39 is 18.0 Å². The molecule has 0 saturated carbocycles. The van der Waals surface area contributed by atoms with Crippen molar-refractivity contribution in [2.45, 2.75) is 26.9 Å². The maximum Gasteiger partial charge on any atom is 0.414 e. The number of fused-ring (bicyclic) bond motifs is 1. The Balaban J connectivity index is 1.60. The molecule has 31 heavy (non-hydrogen) atoms. The van der Waals surface area contributed by atoms with E-state index in [-0.39, 0.29) is 30.5 Å². The normalized spacial score (nSPS) is 18.8. The number of rotatable bonds is 4. The van der Waals surface area contributed by atoms with Gasteiger partial charge < -0.3 is 15.4 Å². The smallest absolute Gasteiger partial charge is 0.414 e. The first-order chi connectivity index (χ1) is 14.7. The van der Waals surface area contributed by atoms with Crippen LogP contribution in [0.4, 0.5) is 20.6 Å². The molecule has 2 N–H and O–H groups in total. The molecule has 2 aromatic rings. The predicted octanol–water partition coefficient (Wildman–Crippen LogP) is 3.40. The summed E-state index contributed by atoms with van der Waals surface area (Å²) in [6.07, 6.45) is 0.413. The largest absolute Gasteiger partial charge is 0.442 e. The van der Waals surface area contributed by atoms with Crippen molar-refractivity contribution < 1.29 is 23.5 Å². The SMILES string of the molecule is CC(=O)NC[C@H]1CN(c2ccc(/C=C3\C(=O)Nc4c(C)ccc(C)c43)c(F)c2)C(=O)O1. The van der Waals surface area contributed by atoms with Crippen molar-refractivity contribution in [1.29, 1.82) is 0 Å². The average Bonchev–Trinajstić information content (AvgIpc) is 3.25. The Morgan fingerprint density at radius 2 is 2.00 bits per heavy atom.